The summed E-state index contributed by atoms with van der Waals surface area (Å²) in [6, 6.07) is 5.90. The first kappa shape index (κ1) is 31.6. The molecule has 11 nitrogen and oxygen atoms in total. The van der Waals surface area contributed by atoms with Crippen LogP contribution in [0, 0.1) is 0 Å². The average molecular weight is 515 g/mol. The Balaban J connectivity index is 0.000000601. The Morgan fingerprint density at radius 1 is 0.829 bits per heavy atom. The van der Waals surface area contributed by atoms with Crippen LogP contribution in [0.1, 0.15) is 19.4 Å². The zero-order valence-corrected chi connectivity index (χ0v) is 20.3. The number of carboxylic acids is 4. The van der Waals surface area contributed by atoms with Gasteiger partial charge < -0.3 is 30.1 Å². The molecule has 0 bridgehead atoms. The maximum Gasteiger partial charge on any atom is 0.328 e. The molecule has 194 valence electrons. The van der Waals surface area contributed by atoms with Gasteiger partial charge in [0.25, 0.3) is 0 Å². The maximum absolute atomic E-state index is 9.55. The van der Waals surface area contributed by atoms with Gasteiger partial charge in [0.2, 0.25) is 0 Å². The number of nitrogens with zero attached hydrogens (tertiary/aromatic N) is 2. The van der Waals surface area contributed by atoms with Gasteiger partial charge in [-0.25, -0.2) is 19.2 Å². The molecule has 1 fully saturated rings. The van der Waals surface area contributed by atoms with Crippen molar-refractivity contribution in [2.45, 2.75) is 20.4 Å². The van der Waals surface area contributed by atoms with Crippen molar-refractivity contribution in [2.24, 2.45) is 0 Å². The molecule has 0 atom stereocenters. The first-order chi connectivity index (χ1) is 16.5. The molecule has 1 aromatic rings. The minimum Gasteiger partial charge on any atom is -0.494 e. The van der Waals surface area contributed by atoms with E-state index < -0.39 is 23.9 Å². The average Bonchev–Trinajstić information content (AvgIpc) is 2.79. The number of rotatable bonds is 9. The van der Waals surface area contributed by atoms with Crippen LogP contribution in [0.15, 0.2) is 42.5 Å². The van der Waals surface area contributed by atoms with E-state index in [1.807, 2.05) is 25.1 Å². The molecule has 4 N–H and O–H groups in total. The summed E-state index contributed by atoms with van der Waals surface area (Å²) >= 11 is 6.10. The molecule has 0 aliphatic carbocycles. The molecule has 1 aromatic carbocycles. The third kappa shape index (κ3) is 16.8. The molecule has 0 amide bonds. The van der Waals surface area contributed by atoms with Crippen LogP contribution >= 0.6 is 11.6 Å². The normalized spacial score (nSPS) is 13.9. The molecule has 2 rings (SSSR count). The van der Waals surface area contributed by atoms with E-state index in [1.54, 1.807) is 0 Å². The van der Waals surface area contributed by atoms with E-state index in [2.05, 4.69) is 16.7 Å². The molecule has 0 saturated carbocycles. The highest BCUT2D eigenvalue weighted by atomic mass is 35.5. The Hall–Kier alpha value is -3.41. The van der Waals surface area contributed by atoms with Crippen LogP contribution in [-0.4, -0.2) is 93.4 Å². The molecule has 0 radical (unpaired) electrons. The quantitative estimate of drug-likeness (QED) is 0.357. The molecule has 1 heterocycles. The number of carbonyl (C=O) groups is 4. The van der Waals surface area contributed by atoms with E-state index in [9.17, 15) is 19.2 Å². The third-order valence-corrected chi connectivity index (χ3v) is 4.60. The molecule has 0 spiro atoms. The lowest BCUT2D eigenvalue weighted by Gasteiger charge is -2.34. The van der Waals surface area contributed by atoms with Crippen LogP contribution < -0.4 is 4.74 Å². The molecule has 0 aromatic heterocycles. The van der Waals surface area contributed by atoms with Gasteiger partial charge in [-0.2, -0.15) is 0 Å². The van der Waals surface area contributed by atoms with Gasteiger partial charge in [0.15, 0.2) is 0 Å². The van der Waals surface area contributed by atoms with E-state index in [1.165, 1.54) is 5.56 Å². The highest BCUT2D eigenvalue weighted by Crippen LogP contribution is 2.24. The summed E-state index contributed by atoms with van der Waals surface area (Å²) in [6.07, 6.45) is 2.23. The van der Waals surface area contributed by atoms with Crippen molar-refractivity contribution in [1.29, 1.82) is 0 Å². The van der Waals surface area contributed by atoms with Gasteiger partial charge in [-0.05, 0) is 31.7 Å². The smallest absolute Gasteiger partial charge is 0.328 e. The van der Waals surface area contributed by atoms with Crippen molar-refractivity contribution in [2.75, 3.05) is 39.3 Å². The summed E-state index contributed by atoms with van der Waals surface area (Å²) in [4.78, 5) is 43.2. The van der Waals surface area contributed by atoms with Gasteiger partial charge in [0, 0.05) is 67.6 Å². The van der Waals surface area contributed by atoms with Crippen molar-refractivity contribution < 1.29 is 44.3 Å². The molecule has 1 aliphatic heterocycles. The van der Waals surface area contributed by atoms with Crippen LogP contribution in [0.25, 0.3) is 0 Å². The van der Waals surface area contributed by atoms with E-state index in [0.717, 1.165) is 50.0 Å². The van der Waals surface area contributed by atoms with Gasteiger partial charge in [-0.1, -0.05) is 18.5 Å². The lowest BCUT2D eigenvalue weighted by Crippen LogP contribution is -2.45. The molecule has 35 heavy (non-hydrogen) atoms. The second kappa shape index (κ2) is 18.0. The predicted octanol–water partition coefficient (Wildman–Crippen LogP) is 2.30. The van der Waals surface area contributed by atoms with E-state index >= 15 is 0 Å². The Morgan fingerprint density at radius 2 is 1.26 bits per heavy atom. The van der Waals surface area contributed by atoms with Crippen molar-refractivity contribution in [3.63, 3.8) is 0 Å². The third-order valence-electron chi connectivity index (χ3n) is 4.37. The first-order valence-electron chi connectivity index (χ1n) is 10.6. The number of aliphatic carboxylic acids is 4. The lowest BCUT2D eigenvalue weighted by molar-refractivity contribution is -0.134. The molecule has 0 unspecified atom stereocenters. The monoisotopic (exact) mass is 514 g/mol. The minimum absolute atomic E-state index is 0.558. The lowest BCUT2D eigenvalue weighted by atomic mass is 10.1. The number of benzene rings is 1. The summed E-state index contributed by atoms with van der Waals surface area (Å²) in [5.41, 5.74) is 1.19. The standard InChI is InChI=1S/C15H23ClN2O.2C4H4O4/c1-3-17-7-9-18(10-8-17)12-13-11-14(16)5-6-15(13)19-4-2;2*5-3(6)1-2-4(7)8/h5-6,11H,3-4,7-10,12H2,1-2H3;2*1-2H,(H,5,6)(H,7,8)/b;2*2-1+. The first-order valence-corrected chi connectivity index (χ1v) is 11.0. The maximum atomic E-state index is 9.55. The number of piperazine rings is 1. The van der Waals surface area contributed by atoms with Crippen molar-refractivity contribution in [3.05, 3.63) is 53.1 Å². The fourth-order valence-electron chi connectivity index (χ4n) is 2.76. The van der Waals surface area contributed by atoms with Gasteiger partial charge in [-0.15, -0.1) is 0 Å². The van der Waals surface area contributed by atoms with Gasteiger partial charge >= 0.3 is 23.9 Å². The molecular formula is C23H31ClN2O9. The fourth-order valence-corrected chi connectivity index (χ4v) is 2.95. The number of ether oxygens (including phenoxy) is 1. The zero-order chi connectivity index (χ0) is 26.8. The highest BCUT2D eigenvalue weighted by Gasteiger charge is 2.17. The summed E-state index contributed by atoms with van der Waals surface area (Å²) in [7, 11) is 0. The Bertz CT molecular complexity index is 829. The van der Waals surface area contributed by atoms with Gasteiger partial charge in [0.05, 0.1) is 6.61 Å². The van der Waals surface area contributed by atoms with Crippen LogP contribution in [-0.2, 0) is 25.7 Å². The van der Waals surface area contributed by atoms with Crippen LogP contribution in [0.5, 0.6) is 5.75 Å². The van der Waals surface area contributed by atoms with E-state index in [4.69, 9.17) is 36.8 Å². The summed E-state index contributed by atoms with van der Waals surface area (Å²) < 4.78 is 5.68. The van der Waals surface area contributed by atoms with E-state index in [0.29, 0.717) is 30.9 Å². The van der Waals surface area contributed by atoms with Gasteiger partial charge in [-0.3, -0.25) is 4.90 Å². The number of hydrogen-bond donors (Lipinski definition) is 4. The Kier molecular flexibility index (Phi) is 16.2. The van der Waals surface area contributed by atoms with Crippen molar-refractivity contribution in [1.82, 2.24) is 9.80 Å². The highest BCUT2D eigenvalue weighted by molar-refractivity contribution is 6.30. The SMILES string of the molecule is CCOc1ccc(Cl)cc1CN1CCN(CC)CC1.O=C(O)/C=C/C(=O)O.O=C(O)/C=C/C(=O)O. The largest absolute Gasteiger partial charge is 0.494 e. The second-order valence-corrected chi connectivity index (χ2v) is 7.35. The van der Waals surface area contributed by atoms with Crippen LogP contribution in [0.3, 0.4) is 0 Å². The molecule has 1 saturated heterocycles. The predicted molar refractivity (Wildman–Crippen MR) is 129 cm³/mol. The van der Waals surface area contributed by atoms with Crippen LogP contribution in [0.2, 0.25) is 5.02 Å². The van der Waals surface area contributed by atoms with Crippen molar-refractivity contribution in [3.8, 4) is 5.75 Å². The number of halogens is 1. The molecule has 1 aliphatic rings. The summed E-state index contributed by atoms with van der Waals surface area (Å²) in [5, 5.41) is 32.0. The Labute approximate surface area is 208 Å². The van der Waals surface area contributed by atoms with E-state index in [-0.39, 0.29) is 0 Å². The summed E-state index contributed by atoms with van der Waals surface area (Å²) in [5.74, 6) is -4.07. The minimum atomic E-state index is -1.26. The second-order valence-electron chi connectivity index (χ2n) is 6.92. The topological polar surface area (TPSA) is 165 Å². The number of hydrogen-bond acceptors (Lipinski definition) is 7. The summed E-state index contributed by atoms with van der Waals surface area (Å²) in [6.45, 7) is 11.5. The number of carboxylic acid groups (broad SMARTS) is 4. The van der Waals surface area contributed by atoms with Crippen LogP contribution in [0.4, 0.5) is 0 Å². The molecule has 12 heteroatoms. The molecular weight excluding hydrogens is 484 g/mol. The van der Waals surface area contributed by atoms with Gasteiger partial charge in [0.1, 0.15) is 5.75 Å². The fraction of sp³-hybridized carbons (Fsp3) is 0.391. The Morgan fingerprint density at radius 3 is 1.63 bits per heavy atom. The van der Waals surface area contributed by atoms with Crippen molar-refractivity contribution >= 4 is 35.5 Å². The zero-order valence-electron chi connectivity index (χ0n) is 19.6. The number of likely N-dealkylation sites (N-methyl/N-ethyl adjacent to an activating group) is 1.